The van der Waals surface area contributed by atoms with Crippen molar-refractivity contribution in [1.29, 1.82) is 0 Å². The van der Waals surface area contributed by atoms with Crippen LogP contribution >= 0.6 is 12.4 Å². The van der Waals surface area contributed by atoms with Crippen molar-refractivity contribution >= 4 is 36.0 Å². The fourth-order valence-corrected chi connectivity index (χ4v) is 3.74. The number of piperazine rings is 1. The van der Waals surface area contributed by atoms with Gasteiger partial charge in [-0.05, 0) is 23.8 Å². The second-order valence-electron chi connectivity index (χ2n) is 7.82. The Bertz CT molecular complexity index is 1010. The van der Waals surface area contributed by atoms with Gasteiger partial charge in [0.25, 0.3) is 5.91 Å². The third-order valence-electron chi connectivity index (χ3n) is 5.66. The highest BCUT2D eigenvalue weighted by atomic mass is 35.5. The lowest BCUT2D eigenvalue weighted by molar-refractivity contribution is -0.119. The Balaban J connectivity index is 0.00000306. The van der Waals surface area contributed by atoms with Crippen LogP contribution in [0.25, 0.3) is 0 Å². The van der Waals surface area contributed by atoms with E-state index in [4.69, 9.17) is 15.2 Å². The maximum Gasteiger partial charge on any atom is 0.410 e. The van der Waals surface area contributed by atoms with E-state index < -0.39 is 6.04 Å². The van der Waals surface area contributed by atoms with Gasteiger partial charge in [0.05, 0.1) is 5.69 Å². The summed E-state index contributed by atoms with van der Waals surface area (Å²) in [4.78, 5) is 42.4. The van der Waals surface area contributed by atoms with Crippen LogP contribution in [0.1, 0.15) is 15.9 Å². The highest BCUT2D eigenvalue weighted by Gasteiger charge is 2.29. The number of benzene rings is 2. The van der Waals surface area contributed by atoms with E-state index in [0.29, 0.717) is 43.2 Å². The fraction of sp³-hybridized carbons (Fsp3) is 0.348. The van der Waals surface area contributed by atoms with Crippen LogP contribution in [0.4, 0.5) is 10.5 Å². The van der Waals surface area contributed by atoms with Gasteiger partial charge in [-0.15, -0.1) is 12.4 Å². The van der Waals surface area contributed by atoms with Gasteiger partial charge >= 0.3 is 6.09 Å². The molecular weight excluding hydrogens is 448 g/mol. The first-order valence-electron chi connectivity index (χ1n) is 10.5. The Hall–Kier alpha value is -3.30. The van der Waals surface area contributed by atoms with E-state index in [9.17, 15) is 14.4 Å². The SMILES string of the molecule is CN1C(=O)[C@@H](N)COc2ccc(C(=O)N3CCN(C(=O)OCc4ccccc4)CC3)cc21.Cl. The van der Waals surface area contributed by atoms with Gasteiger partial charge in [-0.3, -0.25) is 9.59 Å². The molecule has 33 heavy (non-hydrogen) atoms. The third kappa shape index (κ3) is 5.37. The van der Waals surface area contributed by atoms with Crippen molar-refractivity contribution in [3.63, 3.8) is 0 Å². The number of rotatable bonds is 3. The van der Waals surface area contributed by atoms with Crippen LogP contribution in [0.5, 0.6) is 5.75 Å². The number of hydrogen-bond donors (Lipinski definition) is 1. The Kier molecular flexibility index (Phi) is 7.78. The van der Waals surface area contributed by atoms with Crippen molar-refractivity contribution in [2.45, 2.75) is 12.6 Å². The van der Waals surface area contributed by atoms with Gasteiger partial charge in [-0.1, -0.05) is 30.3 Å². The van der Waals surface area contributed by atoms with Crippen LogP contribution < -0.4 is 15.4 Å². The van der Waals surface area contributed by atoms with Gasteiger partial charge in [0.15, 0.2) is 0 Å². The number of nitrogens with two attached hydrogens (primary N) is 1. The molecule has 2 aromatic rings. The maximum absolute atomic E-state index is 13.0. The van der Waals surface area contributed by atoms with Crippen LogP contribution in [0.2, 0.25) is 0 Å². The predicted molar refractivity (Wildman–Crippen MR) is 125 cm³/mol. The number of anilines is 1. The molecule has 1 fully saturated rings. The van der Waals surface area contributed by atoms with E-state index in [0.717, 1.165) is 5.56 Å². The normalized spacial score (nSPS) is 17.9. The van der Waals surface area contributed by atoms with Crippen LogP contribution in [0.3, 0.4) is 0 Å². The van der Waals surface area contributed by atoms with E-state index >= 15 is 0 Å². The summed E-state index contributed by atoms with van der Waals surface area (Å²) in [5.41, 5.74) is 7.70. The minimum absolute atomic E-state index is 0. The molecule has 0 radical (unpaired) electrons. The zero-order chi connectivity index (χ0) is 22.7. The summed E-state index contributed by atoms with van der Waals surface area (Å²) in [6.07, 6.45) is -0.389. The smallest absolute Gasteiger partial charge is 0.410 e. The number of amides is 3. The minimum atomic E-state index is -0.749. The van der Waals surface area contributed by atoms with Gasteiger partial charge in [0.1, 0.15) is 25.0 Å². The Labute approximate surface area is 198 Å². The van der Waals surface area contributed by atoms with E-state index in [-0.39, 0.29) is 43.5 Å². The van der Waals surface area contributed by atoms with Crippen molar-refractivity contribution in [3.05, 3.63) is 59.7 Å². The molecule has 0 aromatic heterocycles. The lowest BCUT2D eigenvalue weighted by atomic mass is 10.1. The largest absolute Gasteiger partial charge is 0.489 e. The highest BCUT2D eigenvalue weighted by Crippen LogP contribution is 2.31. The molecule has 2 aromatic carbocycles. The van der Waals surface area contributed by atoms with Gasteiger partial charge in [-0.25, -0.2) is 4.79 Å². The number of fused-ring (bicyclic) bond motifs is 1. The van der Waals surface area contributed by atoms with E-state index in [1.807, 2.05) is 30.3 Å². The number of nitrogens with zero attached hydrogens (tertiary/aromatic N) is 3. The number of likely N-dealkylation sites (N-methyl/N-ethyl adjacent to an activating group) is 1. The van der Waals surface area contributed by atoms with Crippen molar-refractivity contribution in [2.24, 2.45) is 5.73 Å². The fourth-order valence-electron chi connectivity index (χ4n) is 3.74. The van der Waals surface area contributed by atoms with E-state index in [1.165, 1.54) is 4.90 Å². The second kappa shape index (κ2) is 10.5. The number of carbonyl (C=O) groups excluding carboxylic acids is 3. The first-order valence-corrected chi connectivity index (χ1v) is 10.5. The molecule has 0 unspecified atom stereocenters. The zero-order valence-electron chi connectivity index (χ0n) is 18.3. The molecule has 0 spiro atoms. The number of halogens is 1. The predicted octanol–water partition coefficient (Wildman–Crippen LogP) is 1.89. The molecule has 2 heterocycles. The lowest BCUT2D eigenvalue weighted by Crippen LogP contribution is -2.50. The highest BCUT2D eigenvalue weighted by molar-refractivity contribution is 6.01. The summed E-state index contributed by atoms with van der Waals surface area (Å²) in [6.45, 7) is 1.87. The molecule has 2 aliphatic rings. The molecule has 1 atom stereocenters. The molecule has 0 saturated carbocycles. The molecule has 4 rings (SSSR count). The van der Waals surface area contributed by atoms with Crippen molar-refractivity contribution < 1.29 is 23.9 Å². The Morgan fingerprint density at radius 3 is 2.42 bits per heavy atom. The Morgan fingerprint density at radius 1 is 1.06 bits per heavy atom. The van der Waals surface area contributed by atoms with Gasteiger partial charge in [0.2, 0.25) is 5.91 Å². The summed E-state index contributed by atoms with van der Waals surface area (Å²) in [6, 6.07) is 13.7. The van der Waals surface area contributed by atoms with Crippen LogP contribution in [-0.4, -0.2) is 73.6 Å². The van der Waals surface area contributed by atoms with Crippen molar-refractivity contribution in [1.82, 2.24) is 9.80 Å². The Morgan fingerprint density at radius 2 is 1.73 bits per heavy atom. The summed E-state index contributed by atoms with van der Waals surface area (Å²) >= 11 is 0. The zero-order valence-corrected chi connectivity index (χ0v) is 19.1. The molecule has 176 valence electrons. The van der Waals surface area contributed by atoms with Crippen LogP contribution in [0, 0.1) is 0 Å². The lowest BCUT2D eigenvalue weighted by Gasteiger charge is -2.34. The molecule has 0 aliphatic carbocycles. The first-order chi connectivity index (χ1) is 15.4. The molecule has 2 N–H and O–H groups in total. The summed E-state index contributed by atoms with van der Waals surface area (Å²) < 4.78 is 11.0. The molecule has 2 aliphatic heterocycles. The third-order valence-corrected chi connectivity index (χ3v) is 5.66. The maximum atomic E-state index is 13.0. The number of carbonyl (C=O) groups is 3. The van der Waals surface area contributed by atoms with Crippen LogP contribution in [0.15, 0.2) is 48.5 Å². The minimum Gasteiger partial charge on any atom is -0.489 e. The molecule has 10 heteroatoms. The first kappa shape index (κ1) is 24.3. The van der Waals surface area contributed by atoms with E-state index in [1.54, 1.807) is 35.0 Å². The molecule has 9 nitrogen and oxygen atoms in total. The topological polar surface area (TPSA) is 105 Å². The molecule has 1 saturated heterocycles. The quantitative estimate of drug-likeness (QED) is 0.728. The molecule has 3 amide bonds. The summed E-state index contributed by atoms with van der Waals surface area (Å²) in [7, 11) is 1.61. The number of ether oxygens (including phenoxy) is 2. The second-order valence-corrected chi connectivity index (χ2v) is 7.82. The van der Waals surface area contributed by atoms with Crippen LogP contribution in [-0.2, 0) is 16.1 Å². The average Bonchev–Trinajstić information content (AvgIpc) is 2.94. The monoisotopic (exact) mass is 474 g/mol. The van der Waals surface area contributed by atoms with Gasteiger partial charge < -0.3 is 29.9 Å². The summed E-state index contributed by atoms with van der Waals surface area (Å²) in [5, 5.41) is 0. The van der Waals surface area contributed by atoms with Crippen molar-refractivity contribution in [2.75, 3.05) is 44.7 Å². The number of hydrogen-bond acceptors (Lipinski definition) is 6. The van der Waals surface area contributed by atoms with Crippen molar-refractivity contribution in [3.8, 4) is 5.75 Å². The van der Waals surface area contributed by atoms with Gasteiger partial charge in [-0.2, -0.15) is 0 Å². The summed E-state index contributed by atoms with van der Waals surface area (Å²) in [5.74, 6) is 0.0757. The molecule has 0 bridgehead atoms. The van der Waals surface area contributed by atoms with Gasteiger partial charge in [0, 0.05) is 38.8 Å². The van der Waals surface area contributed by atoms with E-state index in [2.05, 4.69) is 0 Å². The average molecular weight is 475 g/mol. The standard InChI is InChI=1S/C23H26N4O5.ClH/c1-25-19-13-17(7-8-20(19)31-15-18(24)22(25)29)21(28)26-9-11-27(12-10-26)23(30)32-14-16-5-3-2-4-6-16;/h2-8,13,18H,9-12,14-15,24H2,1H3;1H/t18-;/m0./s1. The molecular formula is C23H27ClN4O5.